The van der Waals surface area contributed by atoms with Gasteiger partial charge in [0.25, 0.3) is 11.8 Å². The Morgan fingerprint density at radius 2 is 1.50 bits per heavy atom. The molecule has 1 aliphatic heterocycles. The maximum atomic E-state index is 13.1. The van der Waals surface area contributed by atoms with Gasteiger partial charge in [-0.05, 0) is 55.3 Å². The molecule has 2 heterocycles. The third-order valence-electron chi connectivity index (χ3n) is 5.19. The Kier molecular flexibility index (Phi) is 6.38. The summed E-state index contributed by atoms with van der Waals surface area (Å²) in [5.41, 5.74) is 0.943. The van der Waals surface area contributed by atoms with E-state index in [1.165, 1.54) is 22.7 Å². The van der Waals surface area contributed by atoms with Gasteiger partial charge >= 0.3 is 0 Å². The second-order valence-electron chi connectivity index (χ2n) is 7.43. The lowest BCUT2D eigenvalue weighted by Crippen LogP contribution is -2.36. The molecule has 0 saturated carbocycles. The van der Waals surface area contributed by atoms with Crippen LogP contribution in [0.1, 0.15) is 40.2 Å². The van der Waals surface area contributed by atoms with E-state index < -0.39 is 21.8 Å². The number of furan rings is 1. The van der Waals surface area contributed by atoms with Crippen molar-refractivity contribution >= 4 is 33.2 Å². The Morgan fingerprint density at radius 3 is 2.19 bits per heavy atom. The summed E-state index contributed by atoms with van der Waals surface area (Å²) in [5, 5.41) is 5.42. The number of benzene rings is 2. The molecule has 2 aromatic carbocycles. The molecule has 1 aromatic heterocycles. The molecule has 3 aromatic rings. The minimum absolute atomic E-state index is 0.0123. The zero-order valence-corrected chi connectivity index (χ0v) is 18.1. The van der Waals surface area contributed by atoms with Gasteiger partial charge in [0.15, 0.2) is 5.76 Å². The van der Waals surface area contributed by atoms with Gasteiger partial charge in [0, 0.05) is 24.5 Å². The molecule has 0 unspecified atom stereocenters. The van der Waals surface area contributed by atoms with Crippen LogP contribution in [0.15, 0.2) is 76.2 Å². The van der Waals surface area contributed by atoms with E-state index in [0.717, 1.165) is 19.3 Å². The van der Waals surface area contributed by atoms with Gasteiger partial charge in [-0.2, -0.15) is 4.31 Å². The molecule has 0 aliphatic carbocycles. The Balaban J connectivity index is 1.53. The minimum atomic E-state index is -3.77. The Labute approximate surface area is 186 Å². The fourth-order valence-electron chi connectivity index (χ4n) is 3.60. The van der Waals surface area contributed by atoms with Gasteiger partial charge in [0.1, 0.15) is 0 Å². The summed E-state index contributed by atoms with van der Waals surface area (Å²) in [6.07, 6.45) is 4.02. The number of rotatable bonds is 6. The minimum Gasteiger partial charge on any atom is -0.459 e. The molecule has 1 saturated heterocycles. The van der Waals surface area contributed by atoms with E-state index in [-0.39, 0.29) is 16.2 Å². The number of carbonyl (C=O) groups is 2. The molecular weight excluding hydrogens is 430 g/mol. The van der Waals surface area contributed by atoms with Crippen LogP contribution < -0.4 is 10.6 Å². The molecule has 9 heteroatoms. The first kappa shape index (κ1) is 21.8. The zero-order chi connectivity index (χ0) is 22.6. The number of anilines is 2. The van der Waals surface area contributed by atoms with Crippen LogP contribution in [-0.2, 0) is 10.0 Å². The summed E-state index contributed by atoms with van der Waals surface area (Å²) in [7, 11) is -3.77. The Morgan fingerprint density at radius 1 is 0.812 bits per heavy atom. The Hall–Kier alpha value is -3.43. The van der Waals surface area contributed by atoms with E-state index >= 15 is 0 Å². The number of hydrogen-bond acceptors (Lipinski definition) is 5. The van der Waals surface area contributed by atoms with Crippen molar-refractivity contribution in [2.45, 2.75) is 24.2 Å². The van der Waals surface area contributed by atoms with Gasteiger partial charge in [0.05, 0.1) is 16.7 Å². The smallest absolute Gasteiger partial charge is 0.291 e. The average molecular weight is 454 g/mol. The fourth-order valence-corrected chi connectivity index (χ4v) is 5.30. The molecule has 0 atom stereocenters. The number of amides is 2. The summed E-state index contributed by atoms with van der Waals surface area (Å²) in [5.74, 6) is -0.802. The van der Waals surface area contributed by atoms with Crippen molar-refractivity contribution in [1.82, 2.24) is 4.31 Å². The van der Waals surface area contributed by atoms with Crippen LogP contribution in [0, 0.1) is 0 Å². The predicted molar refractivity (Wildman–Crippen MR) is 120 cm³/mol. The van der Waals surface area contributed by atoms with E-state index in [4.69, 9.17) is 4.42 Å². The predicted octanol–water partition coefficient (Wildman–Crippen LogP) is 3.96. The van der Waals surface area contributed by atoms with Gasteiger partial charge in [-0.1, -0.05) is 24.6 Å². The van der Waals surface area contributed by atoms with Crippen LogP contribution in [0.25, 0.3) is 0 Å². The van der Waals surface area contributed by atoms with Crippen molar-refractivity contribution in [3.63, 3.8) is 0 Å². The second kappa shape index (κ2) is 9.37. The Bertz CT molecular complexity index is 1220. The largest absolute Gasteiger partial charge is 0.459 e. The molecule has 1 aliphatic rings. The molecule has 166 valence electrons. The van der Waals surface area contributed by atoms with Crippen molar-refractivity contribution in [2.75, 3.05) is 23.7 Å². The van der Waals surface area contributed by atoms with Gasteiger partial charge < -0.3 is 15.1 Å². The number of nitrogens with one attached hydrogen (secondary N) is 2. The molecule has 1 fully saturated rings. The molecule has 2 amide bonds. The molecule has 8 nitrogen and oxygen atoms in total. The average Bonchev–Trinajstić information content (AvgIpc) is 3.35. The highest BCUT2D eigenvalue weighted by Crippen LogP contribution is 2.25. The van der Waals surface area contributed by atoms with Crippen molar-refractivity contribution in [3.8, 4) is 0 Å². The van der Waals surface area contributed by atoms with E-state index in [1.807, 2.05) is 0 Å². The van der Waals surface area contributed by atoms with E-state index in [9.17, 15) is 18.0 Å². The van der Waals surface area contributed by atoms with Crippen LogP contribution in [-0.4, -0.2) is 37.6 Å². The lowest BCUT2D eigenvalue weighted by molar-refractivity contribution is 0.0994. The van der Waals surface area contributed by atoms with Gasteiger partial charge in [-0.3, -0.25) is 9.59 Å². The molecular formula is C23H23N3O5S. The fraction of sp³-hybridized carbons (Fsp3) is 0.217. The third-order valence-corrected chi connectivity index (χ3v) is 7.14. The number of nitrogens with zero attached hydrogens (tertiary/aromatic N) is 1. The van der Waals surface area contributed by atoms with E-state index in [0.29, 0.717) is 24.5 Å². The van der Waals surface area contributed by atoms with Crippen LogP contribution in [0.3, 0.4) is 0 Å². The van der Waals surface area contributed by atoms with Crippen molar-refractivity contribution < 1.29 is 22.4 Å². The molecule has 4 rings (SSSR count). The van der Waals surface area contributed by atoms with Gasteiger partial charge in [-0.25, -0.2) is 8.42 Å². The molecule has 2 N–H and O–H groups in total. The van der Waals surface area contributed by atoms with Crippen LogP contribution in [0.2, 0.25) is 0 Å². The van der Waals surface area contributed by atoms with Crippen LogP contribution in [0.4, 0.5) is 11.4 Å². The molecule has 0 spiro atoms. The van der Waals surface area contributed by atoms with Crippen LogP contribution in [0.5, 0.6) is 0 Å². The number of piperidine rings is 1. The first-order valence-electron chi connectivity index (χ1n) is 10.3. The first-order chi connectivity index (χ1) is 15.4. The van der Waals surface area contributed by atoms with Crippen molar-refractivity contribution in [3.05, 3.63) is 78.3 Å². The lowest BCUT2D eigenvalue weighted by atomic mass is 10.2. The van der Waals surface area contributed by atoms with Crippen molar-refractivity contribution in [1.29, 1.82) is 0 Å². The van der Waals surface area contributed by atoms with Crippen LogP contribution >= 0.6 is 0 Å². The summed E-state index contributed by atoms with van der Waals surface area (Å²) in [4.78, 5) is 25.1. The van der Waals surface area contributed by atoms with Crippen molar-refractivity contribution in [2.24, 2.45) is 0 Å². The maximum Gasteiger partial charge on any atom is 0.291 e. The number of hydrogen-bond donors (Lipinski definition) is 2. The second-order valence-corrected chi connectivity index (χ2v) is 9.33. The van der Waals surface area contributed by atoms with Gasteiger partial charge in [0.2, 0.25) is 10.0 Å². The van der Waals surface area contributed by atoms with E-state index in [1.54, 1.807) is 48.5 Å². The number of sulfonamides is 1. The summed E-state index contributed by atoms with van der Waals surface area (Å²) in [6.45, 7) is 0.908. The summed E-state index contributed by atoms with van der Waals surface area (Å²) in [6, 6.07) is 15.9. The normalized spacial score (nSPS) is 14.6. The highest BCUT2D eigenvalue weighted by molar-refractivity contribution is 7.89. The molecule has 32 heavy (non-hydrogen) atoms. The van der Waals surface area contributed by atoms with E-state index in [2.05, 4.69) is 10.6 Å². The molecule has 0 radical (unpaired) electrons. The third kappa shape index (κ3) is 4.74. The summed E-state index contributed by atoms with van der Waals surface area (Å²) >= 11 is 0. The topological polar surface area (TPSA) is 109 Å². The maximum absolute atomic E-state index is 13.1. The summed E-state index contributed by atoms with van der Waals surface area (Å²) < 4.78 is 32.8. The SMILES string of the molecule is O=C(Nc1cccc(NC(=O)c2ccccc2S(=O)(=O)N2CCCCC2)c1)c1ccco1. The lowest BCUT2D eigenvalue weighted by Gasteiger charge is -2.26. The molecule has 0 bridgehead atoms. The highest BCUT2D eigenvalue weighted by Gasteiger charge is 2.29. The number of carbonyl (C=O) groups excluding carboxylic acids is 2. The quantitative estimate of drug-likeness (QED) is 0.587. The zero-order valence-electron chi connectivity index (χ0n) is 17.3. The van der Waals surface area contributed by atoms with Gasteiger partial charge in [-0.15, -0.1) is 0 Å². The highest BCUT2D eigenvalue weighted by atomic mass is 32.2. The first-order valence-corrected chi connectivity index (χ1v) is 11.7. The standard InChI is InChI=1S/C23H23N3O5S/c27-22(19-10-2-3-12-21(19)32(29,30)26-13-4-1-5-14-26)24-17-8-6-9-18(16-17)25-23(28)20-11-7-15-31-20/h2-3,6-12,15-16H,1,4-5,13-14H2,(H,24,27)(H,25,28). The monoisotopic (exact) mass is 453 g/mol.